The van der Waals surface area contributed by atoms with Crippen molar-refractivity contribution in [2.75, 3.05) is 25.4 Å². The van der Waals surface area contributed by atoms with E-state index in [9.17, 15) is 5.11 Å². The van der Waals surface area contributed by atoms with Crippen LogP contribution in [0.25, 0.3) is 0 Å². The van der Waals surface area contributed by atoms with Gasteiger partial charge in [-0.05, 0) is 43.7 Å². The molecule has 0 radical (unpaired) electrons. The van der Waals surface area contributed by atoms with E-state index < -0.39 is 6.10 Å². The van der Waals surface area contributed by atoms with E-state index in [1.165, 1.54) is 18.6 Å². The summed E-state index contributed by atoms with van der Waals surface area (Å²) in [6.07, 6.45) is 2.08. The van der Waals surface area contributed by atoms with Gasteiger partial charge in [-0.25, -0.2) is 0 Å². The van der Waals surface area contributed by atoms with E-state index in [2.05, 4.69) is 28.2 Å². The smallest absolute Gasteiger partial charge is 0.120 e. The number of aliphatic hydroxyl groups excluding tert-OH is 1. The highest BCUT2D eigenvalue weighted by molar-refractivity contribution is 9.10. The number of ether oxygens (including phenoxy) is 1. The molecule has 0 bridgehead atoms. The Morgan fingerprint density at radius 1 is 1.55 bits per heavy atom. The molecule has 20 heavy (non-hydrogen) atoms. The van der Waals surface area contributed by atoms with E-state index in [0.717, 1.165) is 16.8 Å². The van der Waals surface area contributed by atoms with Gasteiger partial charge in [-0.1, -0.05) is 22.0 Å². The minimum Gasteiger partial charge on any atom is -0.491 e. The van der Waals surface area contributed by atoms with Crippen LogP contribution >= 0.6 is 27.7 Å². The largest absolute Gasteiger partial charge is 0.491 e. The molecule has 1 heterocycles. The van der Waals surface area contributed by atoms with E-state index in [-0.39, 0.29) is 0 Å². The first-order valence-electron chi connectivity index (χ1n) is 6.98. The van der Waals surface area contributed by atoms with Crippen molar-refractivity contribution in [3.63, 3.8) is 0 Å². The Balaban J connectivity index is 1.64. The summed E-state index contributed by atoms with van der Waals surface area (Å²) in [7, 11) is 0. The Morgan fingerprint density at radius 2 is 2.40 bits per heavy atom. The summed E-state index contributed by atoms with van der Waals surface area (Å²) in [6, 6.07) is 7.66. The van der Waals surface area contributed by atoms with Crippen LogP contribution in [-0.4, -0.2) is 41.4 Å². The predicted molar refractivity (Wildman–Crippen MR) is 88.6 cm³/mol. The van der Waals surface area contributed by atoms with Gasteiger partial charge in [-0.2, -0.15) is 11.8 Å². The summed E-state index contributed by atoms with van der Waals surface area (Å²) in [5, 5.41) is 13.3. The molecule has 2 atom stereocenters. The van der Waals surface area contributed by atoms with Gasteiger partial charge < -0.3 is 15.2 Å². The Morgan fingerprint density at radius 3 is 3.10 bits per heavy atom. The zero-order valence-electron chi connectivity index (χ0n) is 11.8. The molecule has 5 heteroatoms. The highest BCUT2D eigenvalue weighted by Crippen LogP contribution is 2.36. The first-order valence-corrected chi connectivity index (χ1v) is 8.76. The quantitative estimate of drug-likeness (QED) is 0.784. The van der Waals surface area contributed by atoms with Crippen LogP contribution < -0.4 is 10.1 Å². The highest BCUT2D eigenvalue weighted by Gasteiger charge is 2.28. The number of nitrogens with one attached hydrogen (secondary N) is 1. The van der Waals surface area contributed by atoms with Crippen molar-refractivity contribution in [1.82, 2.24) is 5.32 Å². The van der Waals surface area contributed by atoms with E-state index >= 15 is 0 Å². The number of hydrogen-bond donors (Lipinski definition) is 2. The molecule has 0 saturated carbocycles. The van der Waals surface area contributed by atoms with Gasteiger partial charge in [0.15, 0.2) is 0 Å². The van der Waals surface area contributed by atoms with E-state index in [0.29, 0.717) is 17.9 Å². The Kier molecular flexibility index (Phi) is 6.20. The zero-order valence-corrected chi connectivity index (χ0v) is 14.2. The molecule has 0 aliphatic carbocycles. The van der Waals surface area contributed by atoms with Crippen LogP contribution in [-0.2, 0) is 0 Å². The van der Waals surface area contributed by atoms with Crippen LogP contribution in [0.5, 0.6) is 5.75 Å². The number of halogens is 1. The Bertz CT molecular complexity index is 424. The molecule has 1 saturated heterocycles. The van der Waals surface area contributed by atoms with Crippen molar-refractivity contribution in [2.45, 2.75) is 30.6 Å². The molecule has 3 nitrogen and oxygen atoms in total. The molecule has 1 aliphatic heterocycles. The lowest BCUT2D eigenvalue weighted by molar-refractivity contribution is 0.106. The normalized spacial score (nSPS) is 23.8. The maximum Gasteiger partial charge on any atom is 0.120 e. The molecule has 1 fully saturated rings. The minimum absolute atomic E-state index is 0.313. The van der Waals surface area contributed by atoms with Crippen molar-refractivity contribution < 1.29 is 9.84 Å². The molecule has 0 aromatic heterocycles. The van der Waals surface area contributed by atoms with E-state index in [1.807, 2.05) is 36.0 Å². The Hall–Kier alpha value is -0.230. The molecule has 112 valence electrons. The summed E-state index contributed by atoms with van der Waals surface area (Å²) in [5.41, 5.74) is 0. The van der Waals surface area contributed by atoms with Gasteiger partial charge in [-0.3, -0.25) is 0 Å². The molecule has 0 amide bonds. The third-order valence-corrected chi connectivity index (χ3v) is 5.45. The van der Waals surface area contributed by atoms with Crippen LogP contribution in [0.3, 0.4) is 0 Å². The first-order chi connectivity index (χ1) is 9.57. The van der Waals surface area contributed by atoms with Crippen molar-refractivity contribution in [2.24, 2.45) is 0 Å². The van der Waals surface area contributed by atoms with Gasteiger partial charge in [0, 0.05) is 22.3 Å². The fourth-order valence-corrected chi connectivity index (χ4v) is 3.94. The summed E-state index contributed by atoms with van der Waals surface area (Å²) in [4.78, 5) is 0. The second-order valence-electron chi connectivity index (χ2n) is 5.46. The summed E-state index contributed by atoms with van der Waals surface area (Å²) in [5.74, 6) is 2.03. The lowest BCUT2D eigenvalue weighted by Gasteiger charge is -2.24. The van der Waals surface area contributed by atoms with Crippen LogP contribution in [0.4, 0.5) is 0 Å². The van der Waals surface area contributed by atoms with Gasteiger partial charge in [0.2, 0.25) is 0 Å². The second kappa shape index (κ2) is 7.69. The summed E-state index contributed by atoms with van der Waals surface area (Å²) >= 11 is 5.43. The fraction of sp³-hybridized carbons (Fsp3) is 0.600. The maximum absolute atomic E-state index is 9.93. The van der Waals surface area contributed by atoms with Crippen LogP contribution in [0.2, 0.25) is 0 Å². The highest BCUT2D eigenvalue weighted by atomic mass is 79.9. The average Bonchev–Trinajstić information content (AvgIpc) is 2.83. The molecule has 0 spiro atoms. The summed E-state index contributed by atoms with van der Waals surface area (Å²) < 4.78 is 6.89. The number of benzene rings is 1. The van der Waals surface area contributed by atoms with Crippen molar-refractivity contribution in [3.05, 3.63) is 28.7 Å². The van der Waals surface area contributed by atoms with Gasteiger partial charge in [0.05, 0.1) is 0 Å². The topological polar surface area (TPSA) is 41.5 Å². The first kappa shape index (κ1) is 16.1. The second-order valence-corrected chi connectivity index (χ2v) is 8.05. The van der Waals surface area contributed by atoms with Gasteiger partial charge in [0.1, 0.15) is 18.5 Å². The average molecular weight is 360 g/mol. The van der Waals surface area contributed by atoms with E-state index in [4.69, 9.17) is 4.74 Å². The molecule has 2 N–H and O–H groups in total. The molecule has 2 unspecified atom stereocenters. The SMILES string of the molecule is CC1(CNCC(O)COc2cccc(Br)c2)CCCS1. The fourth-order valence-electron chi connectivity index (χ4n) is 2.29. The van der Waals surface area contributed by atoms with Crippen molar-refractivity contribution in [1.29, 1.82) is 0 Å². The standard InChI is InChI=1S/C15H22BrNO2S/c1-15(6-3-7-20-15)11-17-9-13(18)10-19-14-5-2-4-12(16)8-14/h2,4-5,8,13,17-18H,3,6-7,9-11H2,1H3. The lowest BCUT2D eigenvalue weighted by Crippen LogP contribution is -2.39. The van der Waals surface area contributed by atoms with Gasteiger partial charge in [-0.15, -0.1) is 0 Å². The third kappa shape index (κ3) is 5.28. The van der Waals surface area contributed by atoms with Crippen LogP contribution in [0.15, 0.2) is 28.7 Å². The number of rotatable bonds is 7. The number of thioether (sulfide) groups is 1. The minimum atomic E-state index is -0.482. The van der Waals surface area contributed by atoms with Crippen LogP contribution in [0.1, 0.15) is 19.8 Å². The molecule has 2 rings (SSSR count). The number of hydrogen-bond acceptors (Lipinski definition) is 4. The monoisotopic (exact) mass is 359 g/mol. The maximum atomic E-state index is 9.93. The van der Waals surface area contributed by atoms with E-state index in [1.54, 1.807) is 0 Å². The summed E-state index contributed by atoms with van der Waals surface area (Å²) in [6.45, 7) is 4.13. The molecular formula is C15H22BrNO2S. The predicted octanol–water partition coefficient (Wildman–Crippen LogP) is 3.06. The van der Waals surface area contributed by atoms with Crippen molar-refractivity contribution in [3.8, 4) is 5.75 Å². The number of aliphatic hydroxyl groups is 1. The van der Waals surface area contributed by atoms with Gasteiger partial charge >= 0.3 is 0 Å². The van der Waals surface area contributed by atoms with Crippen molar-refractivity contribution >= 4 is 27.7 Å². The zero-order chi connectivity index (χ0) is 14.4. The van der Waals surface area contributed by atoms with Crippen LogP contribution in [0, 0.1) is 0 Å². The third-order valence-electron chi connectivity index (χ3n) is 3.42. The van der Waals surface area contributed by atoms with Gasteiger partial charge in [0.25, 0.3) is 0 Å². The molecule has 1 aromatic rings. The Labute approximate surface area is 133 Å². The lowest BCUT2D eigenvalue weighted by atomic mass is 10.1. The molecular weight excluding hydrogens is 338 g/mol. The molecule has 1 aliphatic rings. The molecule has 1 aromatic carbocycles.